The highest BCUT2D eigenvalue weighted by Gasteiger charge is 2.24. The first-order valence-electron chi connectivity index (χ1n) is 13.4. The Morgan fingerprint density at radius 3 is 2.41 bits per heavy atom. The molecule has 0 spiro atoms. The van der Waals surface area contributed by atoms with Crippen LogP contribution in [0.25, 0.3) is 20.8 Å². The van der Waals surface area contributed by atoms with Crippen LogP contribution in [0, 0.1) is 6.92 Å². The number of sulfone groups is 1. The molecule has 11 heteroatoms. The number of para-hydroxylation sites is 1. The van der Waals surface area contributed by atoms with Crippen LogP contribution >= 0.6 is 11.3 Å². The summed E-state index contributed by atoms with van der Waals surface area (Å²) in [5.74, 6) is 0.174. The summed E-state index contributed by atoms with van der Waals surface area (Å²) >= 11 is 1.67. The number of rotatable bonds is 12. The smallest absolute Gasteiger partial charge is 0.322 e. The summed E-state index contributed by atoms with van der Waals surface area (Å²) in [6.45, 7) is 5.36. The van der Waals surface area contributed by atoms with Crippen molar-refractivity contribution in [1.29, 1.82) is 0 Å². The van der Waals surface area contributed by atoms with Gasteiger partial charge in [0.1, 0.15) is 11.6 Å². The highest BCUT2D eigenvalue weighted by atomic mass is 32.2. The lowest BCUT2D eigenvalue weighted by Crippen LogP contribution is -2.24. The van der Waals surface area contributed by atoms with Gasteiger partial charge in [-0.2, -0.15) is 15.0 Å². The first kappa shape index (κ1) is 28.4. The van der Waals surface area contributed by atoms with Crippen molar-refractivity contribution in [3.63, 3.8) is 0 Å². The summed E-state index contributed by atoms with van der Waals surface area (Å²) in [6.07, 6.45) is 1.87. The Morgan fingerprint density at radius 2 is 1.68 bits per heavy atom. The molecule has 2 heterocycles. The van der Waals surface area contributed by atoms with E-state index in [1.54, 1.807) is 35.6 Å². The lowest BCUT2D eigenvalue weighted by Gasteiger charge is -2.19. The van der Waals surface area contributed by atoms with E-state index in [0.29, 0.717) is 13.1 Å². The van der Waals surface area contributed by atoms with Gasteiger partial charge in [-0.3, -0.25) is 0 Å². The second-order valence-electron chi connectivity index (χ2n) is 9.62. The maximum atomic E-state index is 13.3. The van der Waals surface area contributed by atoms with Crippen LogP contribution in [0.5, 0.6) is 6.01 Å². The fourth-order valence-corrected chi connectivity index (χ4v) is 6.14. The summed E-state index contributed by atoms with van der Waals surface area (Å²) in [6, 6.07) is 22.9. The molecule has 0 aliphatic carbocycles. The predicted molar refractivity (Wildman–Crippen MR) is 164 cm³/mol. The molecule has 1 N–H and O–H groups in total. The van der Waals surface area contributed by atoms with Crippen molar-refractivity contribution >= 4 is 43.0 Å². The van der Waals surface area contributed by atoms with Crippen LogP contribution in [-0.4, -0.2) is 55.1 Å². The van der Waals surface area contributed by atoms with Crippen molar-refractivity contribution < 1.29 is 13.2 Å². The minimum atomic E-state index is -3.95. The van der Waals surface area contributed by atoms with Gasteiger partial charge in [-0.05, 0) is 61.9 Å². The number of nitrogens with zero attached hydrogens (tertiary/aromatic N) is 5. The van der Waals surface area contributed by atoms with Crippen molar-refractivity contribution in [1.82, 2.24) is 19.9 Å². The Hall–Kier alpha value is -4.09. The predicted octanol–water partition coefficient (Wildman–Crippen LogP) is 6.02. The fraction of sp³-hybridized carbons (Fsp3) is 0.267. The van der Waals surface area contributed by atoms with Crippen molar-refractivity contribution in [2.75, 3.05) is 37.0 Å². The van der Waals surface area contributed by atoms with Crippen molar-refractivity contribution in [3.8, 4) is 16.6 Å². The number of ether oxygens (including phenoxy) is 1. The van der Waals surface area contributed by atoms with Gasteiger partial charge in [0.05, 0.1) is 21.7 Å². The van der Waals surface area contributed by atoms with E-state index in [1.807, 2.05) is 49.2 Å². The summed E-state index contributed by atoms with van der Waals surface area (Å²) in [4.78, 5) is 19.6. The zero-order valence-electron chi connectivity index (χ0n) is 23.2. The highest BCUT2D eigenvalue weighted by molar-refractivity contribution is 7.91. The molecule has 0 aliphatic rings. The molecular formula is C30H32N6O3S2. The average Bonchev–Trinajstić information content (AvgIpc) is 3.42. The third-order valence-corrected chi connectivity index (χ3v) is 9.13. The van der Waals surface area contributed by atoms with Crippen LogP contribution < -0.4 is 15.0 Å². The third kappa shape index (κ3) is 6.80. The van der Waals surface area contributed by atoms with Gasteiger partial charge in [0.15, 0.2) is 0 Å². The fourth-order valence-electron chi connectivity index (χ4n) is 4.06. The van der Waals surface area contributed by atoms with Gasteiger partial charge in [-0.25, -0.2) is 13.4 Å². The Balaban J connectivity index is 1.27. The van der Waals surface area contributed by atoms with E-state index in [1.165, 1.54) is 0 Å². The van der Waals surface area contributed by atoms with E-state index >= 15 is 0 Å². The summed E-state index contributed by atoms with van der Waals surface area (Å²) in [7, 11) is -1.98. The number of hydrogen-bond acceptors (Lipinski definition) is 10. The molecule has 0 amide bonds. The van der Waals surface area contributed by atoms with Gasteiger partial charge in [-0.1, -0.05) is 43.2 Å². The van der Waals surface area contributed by atoms with Crippen LogP contribution in [0.1, 0.15) is 25.3 Å². The second-order valence-corrected chi connectivity index (χ2v) is 12.5. The molecule has 0 fully saturated rings. The number of likely N-dealkylation sites (N-methyl/N-ethyl adjacent to an activating group) is 1. The highest BCUT2D eigenvalue weighted by Crippen LogP contribution is 2.31. The molecular weight excluding hydrogens is 557 g/mol. The molecule has 41 heavy (non-hydrogen) atoms. The van der Waals surface area contributed by atoms with Gasteiger partial charge in [0.25, 0.3) is 5.16 Å². The molecule has 0 bridgehead atoms. The zero-order chi connectivity index (χ0) is 28.8. The Morgan fingerprint density at radius 1 is 0.927 bits per heavy atom. The lowest BCUT2D eigenvalue weighted by molar-refractivity contribution is 0.295. The van der Waals surface area contributed by atoms with E-state index in [2.05, 4.69) is 45.4 Å². The number of hydrogen-bond donors (Lipinski definition) is 1. The largest absolute Gasteiger partial charge is 0.461 e. The molecule has 212 valence electrons. The zero-order valence-corrected chi connectivity index (χ0v) is 24.9. The lowest BCUT2D eigenvalue weighted by atomic mass is 10.2. The van der Waals surface area contributed by atoms with E-state index in [0.717, 1.165) is 44.9 Å². The van der Waals surface area contributed by atoms with Gasteiger partial charge < -0.3 is 15.0 Å². The minimum Gasteiger partial charge on any atom is -0.461 e. The minimum absolute atomic E-state index is 0.0377. The number of aromatic nitrogens is 4. The van der Waals surface area contributed by atoms with Crippen molar-refractivity contribution in [3.05, 3.63) is 78.4 Å². The number of nitrogens with one attached hydrogen (secondary N) is 1. The number of anilines is 2. The monoisotopic (exact) mass is 588 g/mol. The molecule has 0 saturated carbocycles. The molecule has 5 aromatic rings. The molecule has 0 radical (unpaired) electrons. The first-order chi connectivity index (χ1) is 19.8. The molecule has 3 aromatic carbocycles. The molecule has 0 saturated heterocycles. The Kier molecular flexibility index (Phi) is 8.75. The average molecular weight is 589 g/mol. The van der Waals surface area contributed by atoms with Crippen LogP contribution in [0.2, 0.25) is 0 Å². The van der Waals surface area contributed by atoms with Gasteiger partial charge in [0, 0.05) is 24.8 Å². The standard InChI is InChI=1S/C30H32N6O3S2/c1-4-5-18-31-28-33-29(35-30(34-28)41(37,38)24-16-10-21(2)11-17-24)39-20-19-36(3)23-14-12-22(13-15-23)27-32-25-8-6-7-9-26(25)40-27/h6-17H,4-5,18-20H2,1-3H3,(H,31,33,34,35). The van der Waals surface area contributed by atoms with Gasteiger partial charge >= 0.3 is 6.01 Å². The van der Waals surface area contributed by atoms with Crippen LogP contribution in [0.15, 0.2) is 82.8 Å². The van der Waals surface area contributed by atoms with Gasteiger partial charge in [0.2, 0.25) is 15.8 Å². The number of benzene rings is 3. The van der Waals surface area contributed by atoms with Crippen LogP contribution in [-0.2, 0) is 9.84 Å². The Labute approximate surface area is 244 Å². The first-order valence-corrected chi connectivity index (χ1v) is 15.7. The number of unbranched alkanes of at least 4 members (excludes halogenated alkanes) is 1. The maximum absolute atomic E-state index is 13.3. The summed E-state index contributed by atoms with van der Waals surface area (Å²) in [5, 5.41) is 3.73. The quantitative estimate of drug-likeness (QED) is 0.175. The molecule has 0 aliphatic heterocycles. The number of fused-ring (bicyclic) bond motifs is 1. The third-order valence-electron chi connectivity index (χ3n) is 6.49. The SMILES string of the molecule is CCCCNc1nc(OCCN(C)c2ccc(-c3nc4ccccc4s3)cc2)nc(S(=O)(=O)c2ccc(C)cc2)n1. The van der Waals surface area contributed by atoms with Gasteiger partial charge in [-0.15, -0.1) is 11.3 Å². The van der Waals surface area contributed by atoms with E-state index in [4.69, 9.17) is 9.72 Å². The van der Waals surface area contributed by atoms with Crippen LogP contribution in [0.4, 0.5) is 11.6 Å². The van der Waals surface area contributed by atoms with E-state index in [9.17, 15) is 8.42 Å². The van der Waals surface area contributed by atoms with E-state index < -0.39 is 9.84 Å². The second kappa shape index (κ2) is 12.6. The summed E-state index contributed by atoms with van der Waals surface area (Å²) in [5.41, 5.74) is 4.04. The summed E-state index contributed by atoms with van der Waals surface area (Å²) < 4.78 is 33.6. The maximum Gasteiger partial charge on any atom is 0.322 e. The number of aryl methyl sites for hydroxylation is 1. The van der Waals surface area contributed by atoms with Crippen LogP contribution in [0.3, 0.4) is 0 Å². The molecule has 9 nitrogen and oxygen atoms in total. The molecule has 5 rings (SSSR count). The van der Waals surface area contributed by atoms with Crippen molar-refractivity contribution in [2.45, 2.75) is 36.7 Å². The Bertz CT molecular complexity index is 1690. The molecule has 0 unspecified atom stereocenters. The number of thiazole rings is 1. The molecule has 0 atom stereocenters. The van der Waals surface area contributed by atoms with E-state index in [-0.39, 0.29) is 28.6 Å². The molecule has 2 aromatic heterocycles. The van der Waals surface area contributed by atoms with Crippen molar-refractivity contribution in [2.24, 2.45) is 0 Å². The normalized spacial score (nSPS) is 11.5. The topological polar surface area (TPSA) is 110 Å².